The van der Waals surface area contributed by atoms with Crippen molar-refractivity contribution in [3.05, 3.63) is 78.6 Å². The Morgan fingerprint density at radius 1 is 1.00 bits per heavy atom. The fourth-order valence-corrected chi connectivity index (χ4v) is 2.63. The summed E-state index contributed by atoms with van der Waals surface area (Å²) in [5.74, 6) is -0.0504. The molecule has 4 rings (SSSR count). The summed E-state index contributed by atoms with van der Waals surface area (Å²) >= 11 is 0. The lowest BCUT2D eigenvalue weighted by molar-refractivity contribution is -0.115. The van der Waals surface area contributed by atoms with Crippen LogP contribution in [0.4, 0.5) is 5.69 Å². The van der Waals surface area contributed by atoms with Gasteiger partial charge in [0.2, 0.25) is 5.91 Å². The minimum absolute atomic E-state index is 0.0504. The highest BCUT2D eigenvalue weighted by Crippen LogP contribution is 2.21. The van der Waals surface area contributed by atoms with Crippen molar-refractivity contribution in [2.75, 3.05) is 5.32 Å². The van der Waals surface area contributed by atoms with Crippen LogP contribution in [0.25, 0.3) is 16.9 Å². The van der Waals surface area contributed by atoms with E-state index < -0.39 is 0 Å². The first kappa shape index (κ1) is 15.0. The van der Waals surface area contributed by atoms with Crippen LogP contribution in [0.15, 0.2) is 73.1 Å². The van der Waals surface area contributed by atoms with Gasteiger partial charge in [0.1, 0.15) is 6.33 Å². The first-order valence-electron chi connectivity index (χ1n) is 7.89. The van der Waals surface area contributed by atoms with Gasteiger partial charge in [0, 0.05) is 11.3 Å². The molecular weight excluding hydrogens is 314 g/mol. The summed E-state index contributed by atoms with van der Waals surface area (Å²) in [6, 6.07) is 21.0. The third-order valence-electron chi connectivity index (χ3n) is 3.81. The highest BCUT2D eigenvalue weighted by molar-refractivity contribution is 5.92. The lowest BCUT2D eigenvalue weighted by Crippen LogP contribution is -2.14. The number of nitrogens with one attached hydrogen (secondary N) is 1. The van der Waals surface area contributed by atoms with E-state index in [0.717, 1.165) is 22.5 Å². The minimum atomic E-state index is -0.0504. The Morgan fingerprint density at radius 2 is 1.88 bits per heavy atom. The summed E-state index contributed by atoms with van der Waals surface area (Å²) in [7, 11) is 0. The van der Waals surface area contributed by atoms with E-state index in [4.69, 9.17) is 0 Å². The second-order valence-corrected chi connectivity index (χ2v) is 5.64. The van der Waals surface area contributed by atoms with Crippen LogP contribution in [0.3, 0.4) is 0 Å². The number of fused-ring (bicyclic) bond motifs is 1. The average molecular weight is 329 g/mol. The van der Waals surface area contributed by atoms with E-state index in [1.807, 2.05) is 66.7 Å². The Morgan fingerprint density at radius 3 is 2.76 bits per heavy atom. The van der Waals surface area contributed by atoms with Crippen LogP contribution in [0.5, 0.6) is 0 Å². The zero-order valence-corrected chi connectivity index (χ0v) is 13.3. The predicted molar refractivity (Wildman–Crippen MR) is 95.0 cm³/mol. The van der Waals surface area contributed by atoms with Gasteiger partial charge in [-0.3, -0.25) is 4.79 Å². The molecule has 0 saturated carbocycles. The number of carbonyl (C=O) groups excluding carboxylic acids is 1. The summed E-state index contributed by atoms with van der Waals surface area (Å²) in [6.07, 6.45) is 1.90. The van der Waals surface area contributed by atoms with Gasteiger partial charge in [-0.1, -0.05) is 42.5 Å². The number of amides is 1. The van der Waals surface area contributed by atoms with Gasteiger partial charge in [-0.05, 0) is 29.8 Å². The normalized spacial score (nSPS) is 10.7. The molecule has 0 radical (unpaired) electrons. The van der Waals surface area contributed by atoms with Crippen molar-refractivity contribution in [3.63, 3.8) is 0 Å². The molecular formula is C19H15N5O. The van der Waals surface area contributed by atoms with E-state index in [1.54, 1.807) is 10.8 Å². The molecule has 0 unspecified atom stereocenters. The third kappa shape index (κ3) is 3.37. The average Bonchev–Trinajstić information content (AvgIpc) is 3.10. The summed E-state index contributed by atoms with van der Waals surface area (Å²) in [5, 5.41) is 15.2. The van der Waals surface area contributed by atoms with Crippen molar-refractivity contribution in [1.82, 2.24) is 19.8 Å². The van der Waals surface area contributed by atoms with Crippen LogP contribution in [-0.4, -0.2) is 25.7 Å². The second-order valence-electron chi connectivity index (χ2n) is 5.64. The zero-order chi connectivity index (χ0) is 17.1. The number of carbonyl (C=O) groups is 1. The molecule has 0 aliphatic rings. The van der Waals surface area contributed by atoms with Crippen molar-refractivity contribution in [2.24, 2.45) is 0 Å². The molecule has 4 aromatic rings. The van der Waals surface area contributed by atoms with Crippen LogP contribution in [0.1, 0.15) is 5.56 Å². The summed E-state index contributed by atoms with van der Waals surface area (Å²) in [6.45, 7) is 0. The molecule has 2 aromatic heterocycles. The Hall–Kier alpha value is -3.54. The molecule has 6 nitrogen and oxygen atoms in total. The number of nitrogens with zero attached hydrogens (tertiary/aromatic N) is 4. The van der Waals surface area contributed by atoms with Gasteiger partial charge in [-0.15, -0.1) is 10.2 Å². The molecule has 25 heavy (non-hydrogen) atoms. The van der Waals surface area contributed by atoms with Crippen molar-refractivity contribution in [1.29, 1.82) is 0 Å². The Labute approximate surface area is 144 Å². The number of anilines is 1. The molecule has 0 atom stereocenters. The summed E-state index contributed by atoms with van der Waals surface area (Å²) < 4.78 is 1.62. The van der Waals surface area contributed by atoms with Crippen LogP contribution in [-0.2, 0) is 11.2 Å². The van der Waals surface area contributed by atoms with Crippen LogP contribution >= 0.6 is 0 Å². The van der Waals surface area contributed by atoms with E-state index >= 15 is 0 Å². The molecule has 1 amide bonds. The third-order valence-corrected chi connectivity index (χ3v) is 3.81. The molecule has 1 N–H and O–H groups in total. The van der Waals surface area contributed by atoms with Gasteiger partial charge in [0.15, 0.2) is 5.65 Å². The molecule has 0 aliphatic carbocycles. The number of hydrogen-bond acceptors (Lipinski definition) is 4. The molecule has 0 aliphatic heterocycles. The monoisotopic (exact) mass is 329 g/mol. The largest absolute Gasteiger partial charge is 0.326 e. The topological polar surface area (TPSA) is 72.2 Å². The lowest BCUT2D eigenvalue weighted by Gasteiger charge is -2.08. The fraction of sp³-hybridized carbons (Fsp3) is 0.0526. The van der Waals surface area contributed by atoms with E-state index in [9.17, 15) is 4.79 Å². The molecule has 0 fully saturated rings. The SMILES string of the molecule is O=C(Cc1ccccc1)Nc1cccc(-c2ccc3nncn3n2)c1. The smallest absolute Gasteiger partial charge is 0.228 e. The second kappa shape index (κ2) is 6.52. The van der Waals surface area contributed by atoms with Gasteiger partial charge in [-0.25, -0.2) is 0 Å². The highest BCUT2D eigenvalue weighted by Gasteiger charge is 2.07. The maximum Gasteiger partial charge on any atom is 0.228 e. The van der Waals surface area contributed by atoms with Gasteiger partial charge in [-0.2, -0.15) is 9.61 Å². The fourth-order valence-electron chi connectivity index (χ4n) is 2.63. The maximum atomic E-state index is 12.2. The van der Waals surface area contributed by atoms with E-state index in [0.29, 0.717) is 12.1 Å². The van der Waals surface area contributed by atoms with Crippen LogP contribution < -0.4 is 5.32 Å². The van der Waals surface area contributed by atoms with Gasteiger partial charge in [0.05, 0.1) is 12.1 Å². The molecule has 0 spiro atoms. The van der Waals surface area contributed by atoms with Crippen molar-refractivity contribution in [2.45, 2.75) is 6.42 Å². The summed E-state index contributed by atoms with van der Waals surface area (Å²) in [4.78, 5) is 12.2. The number of hydrogen-bond donors (Lipinski definition) is 1. The van der Waals surface area contributed by atoms with E-state index in [1.165, 1.54) is 0 Å². The first-order chi connectivity index (χ1) is 12.3. The summed E-state index contributed by atoms with van der Waals surface area (Å²) in [5.41, 5.74) is 4.11. The molecule has 2 aromatic carbocycles. The molecule has 0 bridgehead atoms. The predicted octanol–water partition coefficient (Wildman–Crippen LogP) is 2.97. The highest BCUT2D eigenvalue weighted by atomic mass is 16.1. The minimum Gasteiger partial charge on any atom is -0.326 e. The first-order valence-corrected chi connectivity index (χ1v) is 7.89. The van der Waals surface area contributed by atoms with E-state index in [2.05, 4.69) is 20.6 Å². The number of aromatic nitrogens is 4. The molecule has 0 saturated heterocycles. The molecule has 122 valence electrons. The standard InChI is InChI=1S/C19H15N5O/c25-19(11-14-5-2-1-3-6-14)21-16-8-4-7-15(12-16)17-9-10-18-22-20-13-24(18)23-17/h1-10,12-13H,11H2,(H,21,25). The number of rotatable bonds is 4. The van der Waals surface area contributed by atoms with Crippen molar-refractivity contribution < 1.29 is 4.79 Å². The Kier molecular flexibility index (Phi) is 3.92. The van der Waals surface area contributed by atoms with Crippen LogP contribution in [0.2, 0.25) is 0 Å². The maximum absolute atomic E-state index is 12.2. The molecule has 6 heteroatoms. The number of benzene rings is 2. The van der Waals surface area contributed by atoms with Gasteiger partial charge < -0.3 is 5.32 Å². The van der Waals surface area contributed by atoms with E-state index in [-0.39, 0.29) is 5.91 Å². The van der Waals surface area contributed by atoms with Crippen LogP contribution in [0, 0.1) is 0 Å². The van der Waals surface area contributed by atoms with Gasteiger partial charge in [0.25, 0.3) is 0 Å². The van der Waals surface area contributed by atoms with Crippen molar-refractivity contribution >= 4 is 17.2 Å². The zero-order valence-electron chi connectivity index (χ0n) is 13.3. The quantitative estimate of drug-likeness (QED) is 0.625. The Bertz CT molecular complexity index is 1030. The molecule has 2 heterocycles. The lowest BCUT2D eigenvalue weighted by atomic mass is 10.1. The van der Waals surface area contributed by atoms with Gasteiger partial charge >= 0.3 is 0 Å². The van der Waals surface area contributed by atoms with Crippen molar-refractivity contribution in [3.8, 4) is 11.3 Å². The Balaban J connectivity index is 1.53.